The minimum atomic E-state index is -0.777. The number of rotatable bonds is 66. The molecule has 6 heteroatoms. The van der Waals surface area contributed by atoms with Crippen LogP contribution in [0.2, 0.25) is 0 Å². The van der Waals surface area contributed by atoms with E-state index in [2.05, 4.69) is 69.4 Å². The van der Waals surface area contributed by atoms with Gasteiger partial charge in [-0.15, -0.1) is 0 Å². The van der Waals surface area contributed by atoms with Crippen molar-refractivity contribution in [3.8, 4) is 0 Å². The molecule has 0 aliphatic heterocycles. The van der Waals surface area contributed by atoms with Gasteiger partial charge in [-0.05, 0) is 77.0 Å². The number of hydrogen-bond acceptors (Lipinski definition) is 6. The molecule has 0 saturated heterocycles. The first-order valence-corrected chi connectivity index (χ1v) is 35.6. The molecule has 6 nitrogen and oxygen atoms in total. The van der Waals surface area contributed by atoms with Crippen LogP contribution in [-0.4, -0.2) is 37.2 Å². The molecular formula is C74H136O6. The standard InChI is InChI=1S/C74H136O6/c1-4-7-10-13-16-19-22-25-28-31-33-35-37-39-40-43-46-49-52-55-58-61-64-67-73(76)79-70-71(69-78-72(75)66-63-60-57-54-51-48-45-42-30-27-24-21-18-15-12-9-6-3)80-74(77)68-65-62-59-56-53-50-47-44-41-38-36-34-32-29-26-23-20-17-14-11-8-5-2/h9,12,18,21,27,30-31,33,71H,4-8,10-11,13-17,19-20,22-26,28-29,32,34-70H2,1-3H3/b12-9-,21-18-,30-27-,33-31-. The molecule has 0 amide bonds. The minimum Gasteiger partial charge on any atom is -0.462 e. The Balaban J connectivity index is 4.31. The van der Waals surface area contributed by atoms with E-state index in [1.807, 2.05) is 0 Å². The zero-order chi connectivity index (χ0) is 57.8. The van der Waals surface area contributed by atoms with Gasteiger partial charge in [0.05, 0.1) is 0 Å². The molecule has 0 radical (unpaired) electrons. The van der Waals surface area contributed by atoms with Gasteiger partial charge in [-0.3, -0.25) is 14.4 Å². The van der Waals surface area contributed by atoms with E-state index < -0.39 is 6.10 Å². The van der Waals surface area contributed by atoms with Crippen molar-refractivity contribution >= 4 is 17.9 Å². The van der Waals surface area contributed by atoms with Crippen molar-refractivity contribution in [2.45, 2.75) is 393 Å². The number of carbonyl (C=O) groups is 3. The number of hydrogen-bond donors (Lipinski definition) is 0. The van der Waals surface area contributed by atoms with E-state index in [1.54, 1.807) is 0 Å². The molecule has 0 saturated carbocycles. The first-order chi connectivity index (χ1) is 39.5. The molecule has 1 atom stereocenters. The molecule has 0 aliphatic carbocycles. The Morgan fingerprint density at radius 3 is 0.775 bits per heavy atom. The Labute approximate surface area is 498 Å². The van der Waals surface area contributed by atoms with E-state index >= 15 is 0 Å². The molecule has 0 heterocycles. The van der Waals surface area contributed by atoms with Crippen molar-refractivity contribution in [2.24, 2.45) is 0 Å². The SMILES string of the molecule is CC/C=C\C/C=C\C/C=C\CCCCCCCCCC(=O)OCC(COC(=O)CCCCCCCCCCCCC/C=C\CCCCCCCCCC)OC(=O)CCCCCCCCCCCCCCCCCCCCCCCC. The van der Waals surface area contributed by atoms with Gasteiger partial charge in [-0.2, -0.15) is 0 Å². The third-order valence-electron chi connectivity index (χ3n) is 16.1. The fraction of sp³-hybridized carbons (Fsp3) is 0.851. The topological polar surface area (TPSA) is 78.9 Å². The molecule has 0 aliphatic rings. The van der Waals surface area contributed by atoms with E-state index in [1.165, 1.54) is 263 Å². The predicted molar refractivity (Wildman–Crippen MR) is 349 cm³/mol. The summed E-state index contributed by atoms with van der Waals surface area (Å²) >= 11 is 0. The Morgan fingerprint density at radius 1 is 0.263 bits per heavy atom. The highest BCUT2D eigenvalue weighted by Crippen LogP contribution is 2.18. The molecule has 0 bridgehead atoms. The van der Waals surface area contributed by atoms with Crippen LogP contribution in [0.25, 0.3) is 0 Å². The number of esters is 3. The first-order valence-electron chi connectivity index (χ1n) is 35.6. The zero-order valence-corrected chi connectivity index (χ0v) is 53.9. The maximum atomic E-state index is 13.0. The second-order valence-corrected chi connectivity index (χ2v) is 24.1. The van der Waals surface area contributed by atoms with E-state index in [0.29, 0.717) is 19.3 Å². The second kappa shape index (κ2) is 68.9. The summed E-state index contributed by atoms with van der Waals surface area (Å²) in [6, 6.07) is 0. The summed E-state index contributed by atoms with van der Waals surface area (Å²) in [6.45, 7) is 6.60. The molecule has 0 spiro atoms. The van der Waals surface area contributed by atoms with Crippen LogP contribution in [0.15, 0.2) is 48.6 Å². The van der Waals surface area contributed by atoms with Crippen LogP contribution >= 0.6 is 0 Å². The van der Waals surface area contributed by atoms with Crippen LogP contribution in [0, 0.1) is 0 Å². The number of ether oxygens (including phenoxy) is 3. The lowest BCUT2D eigenvalue weighted by Crippen LogP contribution is -2.30. The van der Waals surface area contributed by atoms with E-state index in [-0.39, 0.29) is 31.1 Å². The monoisotopic (exact) mass is 1120 g/mol. The lowest BCUT2D eigenvalue weighted by Gasteiger charge is -2.18. The Kier molecular flexibility index (Phi) is 66.6. The van der Waals surface area contributed by atoms with Crippen LogP contribution in [0.5, 0.6) is 0 Å². The average Bonchev–Trinajstić information content (AvgIpc) is 3.46. The number of unbranched alkanes of at least 4 members (excludes halogenated alkanes) is 47. The molecule has 0 aromatic heterocycles. The fourth-order valence-electron chi connectivity index (χ4n) is 10.8. The van der Waals surface area contributed by atoms with Gasteiger partial charge in [0.1, 0.15) is 13.2 Å². The van der Waals surface area contributed by atoms with Crippen LogP contribution in [0.1, 0.15) is 387 Å². The van der Waals surface area contributed by atoms with Gasteiger partial charge >= 0.3 is 17.9 Å². The van der Waals surface area contributed by atoms with Crippen molar-refractivity contribution in [3.05, 3.63) is 48.6 Å². The number of allylic oxidation sites excluding steroid dienone is 8. The zero-order valence-electron chi connectivity index (χ0n) is 53.9. The average molecular weight is 1120 g/mol. The normalized spacial score (nSPS) is 12.3. The highest BCUT2D eigenvalue weighted by Gasteiger charge is 2.19. The van der Waals surface area contributed by atoms with Crippen LogP contribution in [-0.2, 0) is 28.6 Å². The minimum absolute atomic E-state index is 0.0724. The maximum absolute atomic E-state index is 13.0. The van der Waals surface area contributed by atoms with Crippen LogP contribution in [0.3, 0.4) is 0 Å². The summed E-state index contributed by atoms with van der Waals surface area (Å²) in [6.07, 6.45) is 87.1. The van der Waals surface area contributed by atoms with E-state index in [0.717, 1.165) is 83.5 Å². The van der Waals surface area contributed by atoms with Gasteiger partial charge in [-0.25, -0.2) is 0 Å². The summed E-state index contributed by atoms with van der Waals surface area (Å²) in [5.41, 5.74) is 0. The summed E-state index contributed by atoms with van der Waals surface area (Å²) in [7, 11) is 0. The highest BCUT2D eigenvalue weighted by molar-refractivity contribution is 5.71. The Morgan fingerprint density at radius 2 is 0.487 bits per heavy atom. The van der Waals surface area contributed by atoms with Gasteiger partial charge in [0, 0.05) is 19.3 Å². The van der Waals surface area contributed by atoms with E-state index in [4.69, 9.17) is 14.2 Å². The quantitative estimate of drug-likeness (QED) is 0.0261. The molecule has 0 aromatic rings. The van der Waals surface area contributed by atoms with Crippen molar-refractivity contribution in [1.29, 1.82) is 0 Å². The van der Waals surface area contributed by atoms with Crippen LogP contribution < -0.4 is 0 Å². The summed E-state index contributed by atoms with van der Waals surface area (Å²) < 4.78 is 17.0. The van der Waals surface area contributed by atoms with Crippen molar-refractivity contribution in [2.75, 3.05) is 13.2 Å². The molecule has 0 N–H and O–H groups in total. The molecule has 0 fully saturated rings. The van der Waals surface area contributed by atoms with Crippen molar-refractivity contribution in [1.82, 2.24) is 0 Å². The lowest BCUT2D eigenvalue weighted by atomic mass is 10.0. The van der Waals surface area contributed by atoms with Gasteiger partial charge in [-0.1, -0.05) is 339 Å². The molecule has 1 unspecified atom stereocenters. The van der Waals surface area contributed by atoms with Gasteiger partial charge in [0.15, 0.2) is 6.10 Å². The lowest BCUT2D eigenvalue weighted by molar-refractivity contribution is -0.167. The molecule has 80 heavy (non-hydrogen) atoms. The highest BCUT2D eigenvalue weighted by atomic mass is 16.6. The second-order valence-electron chi connectivity index (χ2n) is 24.1. The van der Waals surface area contributed by atoms with Crippen LogP contribution in [0.4, 0.5) is 0 Å². The summed E-state index contributed by atoms with van der Waals surface area (Å²) in [5.74, 6) is -0.855. The van der Waals surface area contributed by atoms with E-state index in [9.17, 15) is 14.4 Å². The summed E-state index contributed by atoms with van der Waals surface area (Å²) in [5, 5.41) is 0. The fourth-order valence-corrected chi connectivity index (χ4v) is 10.8. The van der Waals surface area contributed by atoms with Gasteiger partial charge in [0.25, 0.3) is 0 Å². The summed E-state index contributed by atoms with van der Waals surface area (Å²) in [4.78, 5) is 38.5. The third kappa shape index (κ3) is 66.2. The first kappa shape index (κ1) is 77.4. The Bertz CT molecular complexity index is 1380. The molecule has 0 aromatic carbocycles. The Hall–Kier alpha value is -2.63. The molecule has 0 rings (SSSR count). The smallest absolute Gasteiger partial charge is 0.306 e. The predicted octanol–water partition coefficient (Wildman–Crippen LogP) is 24.5. The number of carbonyl (C=O) groups excluding carboxylic acids is 3. The third-order valence-corrected chi connectivity index (χ3v) is 16.1. The molecule has 468 valence electrons. The van der Waals surface area contributed by atoms with Crippen molar-refractivity contribution in [3.63, 3.8) is 0 Å². The largest absolute Gasteiger partial charge is 0.462 e. The van der Waals surface area contributed by atoms with Gasteiger partial charge < -0.3 is 14.2 Å². The van der Waals surface area contributed by atoms with Gasteiger partial charge in [0.2, 0.25) is 0 Å². The van der Waals surface area contributed by atoms with Crippen molar-refractivity contribution < 1.29 is 28.6 Å². The molecular weight excluding hydrogens is 985 g/mol. The maximum Gasteiger partial charge on any atom is 0.306 e.